The second-order valence-electron chi connectivity index (χ2n) is 5.90. The van der Waals surface area contributed by atoms with Crippen LogP contribution in [-0.2, 0) is 9.47 Å². The molecule has 25 heavy (non-hydrogen) atoms. The van der Waals surface area contributed by atoms with E-state index in [1.54, 1.807) is 16.6 Å². The minimum absolute atomic E-state index is 0.254. The van der Waals surface area contributed by atoms with Crippen molar-refractivity contribution in [2.45, 2.75) is 18.9 Å². The number of hydrogen-bond donors (Lipinski definition) is 1. The number of hydrogen-bond acceptors (Lipinski definition) is 6. The molecule has 8 heteroatoms. The largest absolute Gasteiger partial charge is 0.377 e. The Hall–Kier alpha value is -2.03. The summed E-state index contributed by atoms with van der Waals surface area (Å²) in [6.45, 7) is 2.81. The second kappa shape index (κ2) is 7.47. The van der Waals surface area contributed by atoms with Crippen LogP contribution in [0.5, 0.6) is 0 Å². The van der Waals surface area contributed by atoms with Crippen LogP contribution < -0.4 is 5.32 Å². The van der Waals surface area contributed by atoms with E-state index in [4.69, 9.17) is 9.47 Å². The molecule has 1 aliphatic heterocycles. The SMILES string of the molecule is Fc1ccc(-c2cn3nc(NCCOCC4CCCO4)sc3n2)cc1. The van der Waals surface area contributed by atoms with Crippen molar-refractivity contribution in [3.05, 3.63) is 36.3 Å². The fourth-order valence-corrected chi connectivity index (χ4v) is 3.56. The molecule has 1 unspecified atom stereocenters. The monoisotopic (exact) mass is 362 g/mol. The van der Waals surface area contributed by atoms with Crippen LogP contribution in [0.1, 0.15) is 12.8 Å². The van der Waals surface area contributed by atoms with E-state index in [0.29, 0.717) is 19.8 Å². The van der Waals surface area contributed by atoms with Crippen LogP contribution in [0.15, 0.2) is 30.5 Å². The maximum atomic E-state index is 13.0. The number of rotatable bonds is 7. The first-order valence-corrected chi connectivity index (χ1v) is 9.15. The van der Waals surface area contributed by atoms with Gasteiger partial charge in [0.25, 0.3) is 0 Å². The normalized spacial score (nSPS) is 17.4. The molecule has 0 amide bonds. The van der Waals surface area contributed by atoms with E-state index in [1.807, 2.05) is 6.20 Å². The number of aromatic nitrogens is 3. The lowest BCUT2D eigenvalue weighted by Gasteiger charge is -2.09. The number of anilines is 1. The van der Waals surface area contributed by atoms with Crippen LogP contribution in [0, 0.1) is 5.82 Å². The van der Waals surface area contributed by atoms with Crippen molar-refractivity contribution in [1.82, 2.24) is 14.6 Å². The lowest BCUT2D eigenvalue weighted by molar-refractivity contribution is 0.0206. The standard InChI is InChI=1S/C17H19FN4O2S/c18-13-5-3-12(4-6-13)15-10-22-17(20-15)25-16(21-22)19-7-9-23-11-14-2-1-8-24-14/h3-6,10,14H,1-2,7-9,11H2,(H,19,21). The molecule has 1 N–H and O–H groups in total. The van der Waals surface area contributed by atoms with Crippen molar-refractivity contribution in [1.29, 1.82) is 0 Å². The first-order chi connectivity index (χ1) is 12.3. The molecule has 4 rings (SSSR count). The molecule has 2 aromatic heterocycles. The number of nitrogens with one attached hydrogen (secondary N) is 1. The van der Waals surface area contributed by atoms with Gasteiger partial charge in [-0.15, -0.1) is 5.10 Å². The molecular formula is C17H19FN4O2S. The van der Waals surface area contributed by atoms with Crippen LogP contribution in [0.2, 0.25) is 0 Å². The number of fused-ring (bicyclic) bond motifs is 1. The molecule has 1 atom stereocenters. The van der Waals surface area contributed by atoms with Gasteiger partial charge < -0.3 is 14.8 Å². The Bertz CT molecular complexity index is 795. The Morgan fingerprint density at radius 3 is 3.00 bits per heavy atom. The molecule has 0 saturated carbocycles. The molecule has 0 radical (unpaired) electrons. The third kappa shape index (κ3) is 3.97. The summed E-state index contributed by atoms with van der Waals surface area (Å²) in [5.41, 5.74) is 1.65. The lowest BCUT2D eigenvalue weighted by atomic mass is 10.2. The van der Waals surface area contributed by atoms with E-state index < -0.39 is 0 Å². The molecule has 132 valence electrons. The molecule has 1 aromatic carbocycles. The summed E-state index contributed by atoms with van der Waals surface area (Å²) < 4.78 is 25.9. The first kappa shape index (κ1) is 16.4. The van der Waals surface area contributed by atoms with Crippen LogP contribution in [0.25, 0.3) is 16.2 Å². The number of benzene rings is 1. The Morgan fingerprint density at radius 2 is 2.24 bits per heavy atom. The average molecular weight is 362 g/mol. The van der Waals surface area contributed by atoms with Gasteiger partial charge >= 0.3 is 0 Å². The minimum Gasteiger partial charge on any atom is -0.377 e. The molecule has 1 saturated heterocycles. The fraction of sp³-hybridized carbons (Fsp3) is 0.412. The van der Waals surface area contributed by atoms with Gasteiger partial charge in [-0.3, -0.25) is 0 Å². The maximum absolute atomic E-state index is 13.0. The van der Waals surface area contributed by atoms with Crippen molar-refractivity contribution >= 4 is 21.4 Å². The molecule has 0 spiro atoms. The lowest BCUT2D eigenvalue weighted by Crippen LogP contribution is -2.17. The van der Waals surface area contributed by atoms with Crippen molar-refractivity contribution in [3.63, 3.8) is 0 Å². The summed E-state index contributed by atoms with van der Waals surface area (Å²) >= 11 is 1.47. The summed E-state index contributed by atoms with van der Waals surface area (Å²) in [5.74, 6) is -0.254. The van der Waals surface area contributed by atoms with Crippen LogP contribution in [0.3, 0.4) is 0 Å². The third-order valence-corrected chi connectivity index (χ3v) is 4.91. The van der Waals surface area contributed by atoms with Gasteiger partial charge in [-0.05, 0) is 37.1 Å². The van der Waals surface area contributed by atoms with E-state index in [1.165, 1.54) is 23.5 Å². The van der Waals surface area contributed by atoms with Crippen LogP contribution in [-0.4, -0.2) is 47.1 Å². The molecule has 0 aliphatic carbocycles. The summed E-state index contributed by atoms with van der Waals surface area (Å²) in [4.78, 5) is 5.33. The zero-order valence-electron chi connectivity index (χ0n) is 13.7. The van der Waals surface area contributed by atoms with E-state index >= 15 is 0 Å². The van der Waals surface area contributed by atoms with Crippen molar-refractivity contribution in [3.8, 4) is 11.3 Å². The number of nitrogens with zero attached hydrogens (tertiary/aromatic N) is 3. The predicted molar refractivity (Wildman–Crippen MR) is 94.5 cm³/mol. The number of halogens is 1. The van der Waals surface area contributed by atoms with Crippen LogP contribution >= 0.6 is 11.3 Å². The fourth-order valence-electron chi connectivity index (χ4n) is 2.75. The Balaban J connectivity index is 1.29. The van der Waals surface area contributed by atoms with Gasteiger partial charge in [0.1, 0.15) is 5.82 Å². The zero-order chi connectivity index (χ0) is 17.1. The summed E-state index contributed by atoms with van der Waals surface area (Å²) in [7, 11) is 0. The molecule has 1 aliphatic rings. The molecular weight excluding hydrogens is 343 g/mol. The quantitative estimate of drug-likeness (QED) is 0.654. The van der Waals surface area contributed by atoms with Gasteiger partial charge in [-0.1, -0.05) is 11.3 Å². The topological polar surface area (TPSA) is 60.7 Å². The molecule has 0 bridgehead atoms. The maximum Gasteiger partial charge on any atom is 0.214 e. The number of imidazole rings is 1. The van der Waals surface area contributed by atoms with E-state index in [2.05, 4.69) is 15.4 Å². The Labute approximate surface area is 148 Å². The van der Waals surface area contributed by atoms with Gasteiger partial charge in [-0.25, -0.2) is 13.9 Å². The predicted octanol–water partition coefficient (Wildman–Crippen LogP) is 3.20. The van der Waals surface area contributed by atoms with E-state index in [-0.39, 0.29) is 11.9 Å². The number of ether oxygens (including phenoxy) is 2. The molecule has 3 aromatic rings. The van der Waals surface area contributed by atoms with Gasteiger partial charge in [-0.2, -0.15) is 0 Å². The average Bonchev–Trinajstić information content (AvgIpc) is 3.31. The van der Waals surface area contributed by atoms with Crippen molar-refractivity contribution < 1.29 is 13.9 Å². The van der Waals surface area contributed by atoms with Gasteiger partial charge in [0.05, 0.1) is 31.2 Å². The Kier molecular flexibility index (Phi) is 4.91. The van der Waals surface area contributed by atoms with Gasteiger partial charge in [0.2, 0.25) is 10.1 Å². The zero-order valence-corrected chi connectivity index (χ0v) is 14.5. The highest BCUT2D eigenvalue weighted by Gasteiger charge is 2.15. The smallest absolute Gasteiger partial charge is 0.214 e. The summed E-state index contributed by atoms with van der Waals surface area (Å²) in [6, 6.07) is 6.29. The highest BCUT2D eigenvalue weighted by molar-refractivity contribution is 7.20. The second-order valence-corrected chi connectivity index (χ2v) is 6.86. The van der Waals surface area contributed by atoms with E-state index in [9.17, 15) is 4.39 Å². The first-order valence-electron chi connectivity index (χ1n) is 8.33. The minimum atomic E-state index is -0.254. The third-order valence-electron chi connectivity index (χ3n) is 4.03. The van der Waals surface area contributed by atoms with E-state index in [0.717, 1.165) is 40.8 Å². The Morgan fingerprint density at radius 1 is 1.36 bits per heavy atom. The van der Waals surface area contributed by atoms with Crippen LogP contribution in [0.4, 0.5) is 9.52 Å². The molecule has 6 nitrogen and oxygen atoms in total. The molecule has 1 fully saturated rings. The summed E-state index contributed by atoms with van der Waals surface area (Å²) in [5, 5.41) is 8.50. The van der Waals surface area contributed by atoms with Crippen molar-refractivity contribution in [2.24, 2.45) is 0 Å². The highest BCUT2D eigenvalue weighted by Crippen LogP contribution is 2.24. The summed E-state index contributed by atoms with van der Waals surface area (Å²) in [6.07, 6.45) is 4.32. The highest BCUT2D eigenvalue weighted by atomic mass is 32.1. The van der Waals surface area contributed by atoms with Crippen molar-refractivity contribution in [2.75, 3.05) is 31.7 Å². The van der Waals surface area contributed by atoms with Gasteiger partial charge in [0, 0.05) is 18.7 Å². The van der Waals surface area contributed by atoms with Gasteiger partial charge in [0.15, 0.2) is 0 Å². The molecule has 3 heterocycles.